The minimum atomic E-state index is -0.553. The van der Waals surface area contributed by atoms with Crippen LogP contribution < -0.4 is 0 Å². The molecule has 0 aromatic heterocycles. The zero-order valence-electron chi connectivity index (χ0n) is 43.7. The van der Waals surface area contributed by atoms with E-state index in [1.807, 2.05) is 0 Å². The minimum Gasteiger partial charge on any atom is -0.462 e. The highest BCUT2D eigenvalue weighted by Crippen LogP contribution is 2.15. The van der Waals surface area contributed by atoms with Crippen molar-refractivity contribution in [2.75, 3.05) is 19.8 Å². The van der Waals surface area contributed by atoms with E-state index in [1.165, 1.54) is 128 Å². The lowest BCUT2D eigenvalue weighted by molar-refractivity contribution is -0.163. The summed E-state index contributed by atoms with van der Waals surface area (Å²) in [7, 11) is 0. The first-order valence-corrected chi connectivity index (χ1v) is 28.1. The van der Waals surface area contributed by atoms with Crippen molar-refractivity contribution in [3.8, 4) is 0 Å². The van der Waals surface area contributed by atoms with E-state index in [1.54, 1.807) is 0 Å². The number of allylic oxidation sites excluding steroid dienone is 14. The van der Waals surface area contributed by atoms with Crippen LogP contribution in [0, 0.1) is 0 Å². The third-order valence-electron chi connectivity index (χ3n) is 11.9. The number of hydrogen-bond acceptors (Lipinski definition) is 5. The number of carbonyl (C=O) groups excluding carboxylic acids is 2. The molecule has 0 N–H and O–H groups in total. The second-order valence-electron chi connectivity index (χ2n) is 18.4. The number of unbranched alkanes of at least 4 members (excludes halogenated alkanes) is 26. The molecule has 0 amide bonds. The van der Waals surface area contributed by atoms with Gasteiger partial charge in [-0.2, -0.15) is 0 Å². The van der Waals surface area contributed by atoms with Crippen molar-refractivity contribution in [2.24, 2.45) is 0 Å². The molecular formula is C61H106O5. The first-order valence-electron chi connectivity index (χ1n) is 28.1. The molecule has 0 fully saturated rings. The number of esters is 2. The van der Waals surface area contributed by atoms with Crippen LogP contribution in [0.25, 0.3) is 0 Å². The van der Waals surface area contributed by atoms with Gasteiger partial charge in [0, 0.05) is 19.4 Å². The van der Waals surface area contributed by atoms with E-state index >= 15 is 0 Å². The summed E-state index contributed by atoms with van der Waals surface area (Å²) >= 11 is 0. The molecule has 5 nitrogen and oxygen atoms in total. The van der Waals surface area contributed by atoms with Gasteiger partial charge in [0.05, 0.1) is 6.61 Å². The van der Waals surface area contributed by atoms with Crippen LogP contribution in [0.15, 0.2) is 85.1 Å². The predicted molar refractivity (Wildman–Crippen MR) is 288 cm³/mol. The highest BCUT2D eigenvalue weighted by Gasteiger charge is 2.17. The van der Waals surface area contributed by atoms with Gasteiger partial charge >= 0.3 is 11.9 Å². The second-order valence-corrected chi connectivity index (χ2v) is 18.4. The molecule has 380 valence electrons. The molecule has 5 heteroatoms. The second kappa shape index (κ2) is 56.4. The van der Waals surface area contributed by atoms with E-state index in [0.29, 0.717) is 19.4 Å². The first kappa shape index (κ1) is 63.1. The van der Waals surface area contributed by atoms with Gasteiger partial charge in [-0.15, -0.1) is 0 Å². The highest BCUT2D eigenvalue weighted by atomic mass is 16.6. The Hall–Kier alpha value is -2.92. The number of rotatable bonds is 51. The molecule has 1 atom stereocenters. The zero-order chi connectivity index (χ0) is 47.7. The van der Waals surface area contributed by atoms with Gasteiger partial charge in [-0.25, -0.2) is 0 Å². The maximum absolute atomic E-state index is 12.8. The van der Waals surface area contributed by atoms with Crippen LogP contribution in [-0.4, -0.2) is 37.9 Å². The van der Waals surface area contributed by atoms with E-state index in [0.717, 1.165) is 103 Å². The van der Waals surface area contributed by atoms with Crippen LogP contribution in [0.2, 0.25) is 0 Å². The Morgan fingerprint density at radius 2 is 0.682 bits per heavy atom. The molecule has 0 bridgehead atoms. The lowest BCUT2D eigenvalue weighted by Gasteiger charge is -2.18. The van der Waals surface area contributed by atoms with Gasteiger partial charge in [0.25, 0.3) is 0 Å². The van der Waals surface area contributed by atoms with Gasteiger partial charge in [0.15, 0.2) is 6.10 Å². The molecule has 1 unspecified atom stereocenters. The molecule has 0 aliphatic heterocycles. The number of ether oxygens (including phenoxy) is 3. The van der Waals surface area contributed by atoms with Gasteiger partial charge < -0.3 is 14.2 Å². The van der Waals surface area contributed by atoms with Gasteiger partial charge in [-0.3, -0.25) is 9.59 Å². The van der Waals surface area contributed by atoms with Gasteiger partial charge in [-0.05, 0) is 89.9 Å². The van der Waals surface area contributed by atoms with Crippen LogP contribution in [0.4, 0.5) is 0 Å². The third-order valence-corrected chi connectivity index (χ3v) is 11.9. The normalized spacial score (nSPS) is 12.8. The summed E-state index contributed by atoms with van der Waals surface area (Å²) in [5.41, 5.74) is 0. The molecule has 0 saturated carbocycles. The maximum atomic E-state index is 12.8. The smallest absolute Gasteiger partial charge is 0.306 e. The van der Waals surface area contributed by atoms with Crippen LogP contribution >= 0.6 is 0 Å². The van der Waals surface area contributed by atoms with Gasteiger partial charge in [0.1, 0.15) is 6.61 Å². The fraction of sp³-hybridized carbons (Fsp3) is 0.738. The molecule has 0 aliphatic carbocycles. The molecule has 66 heavy (non-hydrogen) atoms. The topological polar surface area (TPSA) is 61.8 Å². The number of carbonyl (C=O) groups is 2. The summed E-state index contributed by atoms with van der Waals surface area (Å²) in [5.74, 6) is -0.412. The van der Waals surface area contributed by atoms with Crippen LogP contribution in [-0.2, 0) is 23.8 Å². The molecule has 0 aliphatic rings. The maximum Gasteiger partial charge on any atom is 0.306 e. The zero-order valence-corrected chi connectivity index (χ0v) is 43.7. The van der Waals surface area contributed by atoms with Gasteiger partial charge in [0.2, 0.25) is 0 Å². The highest BCUT2D eigenvalue weighted by molar-refractivity contribution is 5.70. The van der Waals surface area contributed by atoms with Crippen LogP contribution in [0.1, 0.15) is 265 Å². The Balaban J connectivity index is 4.32. The van der Waals surface area contributed by atoms with E-state index in [2.05, 4.69) is 106 Å². The molecule has 0 aromatic rings. The monoisotopic (exact) mass is 919 g/mol. The predicted octanol–water partition coefficient (Wildman–Crippen LogP) is 19.2. The van der Waals surface area contributed by atoms with Crippen molar-refractivity contribution >= 4 is 11.9 Å². The lowest BCUT2D eigenvalue weighted by atomic mass is 10.0. The Morgan fingerprint density at radius 1 is 0.348 bits per heavy atom. The first-order chi connectivity index (χ1) is 32.6. The van der Waals surface area contributed by atoms with Crippen LogP contribution in [0.3, 0.4) is 0 Å². The SMILES string of the molecule is CC/C=C\C/C=C\C/C=C\C/C=C\CCCCCCCOCC(COC(=O)CCCCCCCCC/C=C\C/C=C\C/C=C\CC)OC(=O)CCCCCCCCCCCCCCCCC. The van der Waals surface area contributed by atoms with E-state index < -0.39 is 6.10 Å². The Bertz CT molecular complexity index is 1220. The van der Waals surface area contributed by atoms with E-state index in [-0.39, 0.29) is 25.2 Å². The number of hydrogen-bond donors (Lipinski definition) is 0. The Labute approximate surface area is 409 Å². The summed E-state index contributed by atoms with van der Waals surface area (Å²) in [6.07, 6.45) is 74.5. The summed E-state index contributed by atoms with van der Waals surface area (Å²) in [4.78, 5) is 25.5. The van der Waals surface area contributed by atoms with Crippen molar-refractivity contribution in [3.05, 3.63) is 85.1 Å². The van der Waals surface area contributed by atoms with Crippen molar-refractivity contribution in [2.45, 2.75) is 271 Å². The van der Waals surface area contributed by atoms with Crippen LogP contribution in [0.5, 0.6) is 0 Å². The average molecular weight is 920 g/mol. The fourth-order valence-electron chi connectivity index (χ4n) is 7.81. The quantitative estimate of drug-likeness (QED) is 0.0346. The van der Waals surface area contributed by atoms with E-state index in [4.69, 9.17) is 14.2 Å². The third kappa shape index (κ3) is 53.7. The Morgan fingerprint density at radius 3 is 1.09 bits per heavy atom. The minimum absolute atomic E-state index is 0.0712. The molecular weight excluding hydrogens is 813 g/mol. The summed E-state index contributed by atoms with van der Waals surface area (Å²) in [5, 5.41) is 0. The Kier molecular flexibility index (Phi) is 53.9. The summed E-state index contributed by atoms with van der Waals surface area (Å²) < 4.78 is 17.5. The van der Waals surface area contributed by atoms with Crippen molar-refractivity contribution < 1.29 is 23.8 Å². The standard InChI is InChI=1S/C61H106O5/c1-4-7-10-13-16-19-22-25-28-30-32-35-38-41-44-47-50-53-56-64-57-59(66-61(63)55-52-49-46-43-40-37-33-27-24-21-18-15-12-9-6-3)58-65-60(62)54-51-48-45-42-39-36-34-31-29-26-23-20-17-14-11-8-5-2/h7-8,10-11,16-17,19-20,25-26,28-29,32,35,59H,4-6,9,12-15,18,21-24,27,30-31,33-34,36-58H2,1-3H3/b10-7-,11-8-,19-16-,20-17-,28-25-,29-26-,35-32-. The van der Waals surface area contributed by atoms with Gasteiger partial charge in [-0.1, -0.05) is 247 Å². The van der Waals surface area contributed by atoms with Crippen molar-refractivity contribution in [1.29, 1.82) is 0 Å². The largest absolute Gasteiger partial charge is 0.462 e. The lowest BCUT2D eigenvalue weighted by Crippen LogP contribution is -2.30. The molecule has 0 heterocycles. The molecule has 0 rings (SSSR count). The average Bonchev–Trinajstić information content (AvgIpc) is 3.32. The summed E-state index contributed by atoms with van der Waals surface area (Å²) in [6, 6.07) is 0. The molecule has 0 radical (unpaired) electrons. The molecule has 0 saturated heterocycles. The molecule has 0 spiro atoms. The van der Waals surface area contributed by atoms with Crippen molar-refractivity contribution in [3.63, 3.8) is 0 Å². The van der Waals surface area contributed by atoms with E-state index in [9.17, 15) is 9.59 Å². The fourth-order valence-corrected chi connectivity index (χ4v) is 7.81. The molecule has 0 aromatic carbocycles. The summed E-state index contributed by atoms with van der Waals surface area (Å²) in [6.45, 7) is 7.58. The van der Waals surface area contributed by atoms with Crippen molar-refractivity contribution in [1.82, 2.24) is 0 Å².